The normalized spacial score (nSPS) is 10.5. The van der Waals surface area contributed by atoms with Crippen LogP contribution in [0, 0.1) is 12.3 Å². The second-order valence-corrected chi connectivity index (χ2v) is 4.66. The van der Waals surface area contributed by atoms with Crippen LogP contribution in [0.1, 0.15) is 16.7 Å². The molecule has 1 aromatic heterocycles. The van der Waals surface area contributed by atoms with E-state index >= 15 is 0 Å². The molecule has 0 aliphatic rings. The topological polar surface area (TPSA) is 15.3 Å². The zero-order valence-corrected chi connectivity index (χ0v) is 10.2. The quantitative estimate of drug-likeness (QED) is 0.740. The van der Waals surface area contributed by atoms with Crippen LogP contribution in [0.25, 0.3) is 0 Å². The van der Waals surface area contributed by atoms with Crippen LogP contribution in [0.5, 0.6) is 0 Å². The van der Waals surface area contributed by atoms with Crippen molar-refractivity contribution >= 4 is 11.3 Å². The first-order valence-corrected chi connectivity index (χ1v) is 5.99. The Labute approximate surface area is 96.3 Å². The lowest BCUT2D eigenvalue weighted by molar-refractivity contribution is 0.319. The standard InChI is InChI=1S/C12H18N2S/c1-4-8-14(5-2)10-12-7-6-11(15-12)9-13-3/h1,6-7,13H,5,8-10H2,2-3H3. The van der Waals surface area contributed by atoms with Crippen LogP contribution in [-0.4, -0.2) is 25.0 Å². The second kappa shape index (κ2) is 6.62. The van der Waals surface area contributed by atoms with Gasteiger partial charge in [0.15, 0.2) is 0 Å². The zero-order chi connectivity index (χ0) is 11.1. The van der Waals surface area contributed by atoms with Crippen molar-refractivity contribution in [2.24, 2.45) is 0 Å². The summed E-state index contributed by atoms with van der Waals surface area (Å²) >= 11 is 1.85. The number of hydrogen-bond donors (Lipinski definition) is 1. The third kappa shape index (κ3) is 4.05. The lowest BCUT2D eigenvalue weighted by Crippen LogP contribution is -2.22. The van der Waals surface area contributed by atoms with Crippen molar-refractivity contribution in [3.63, 3.8) is 0 Å². The van der Waals surface area contributed by atoms with Crippen molar-refractivity contribution in [3.8, 4) is 12.3 Å². The zero-order valence-electron chi connectivity index (χ0n) is 9.42. The fourth-order valence-corrected chi connectivity index (χ4v) is 2.48. The third-order valence-electron chi connectivity index (χ3n) is 2.21. The van der Waals surface area contributed by atoms with E-state index in [1.54, 1.807) is 0 Å². The molecule has 1 rings (SSSR count). The number of nitrogens with one attached hydrogen (secondary N) is 1. The van der Waals surface area contributed by atoms with Crippen molar-refractivity contribution in [1.29, 1.82) is 0 Å². The summed E-state index contributed by atoms with van der Waals surface area (Å²) in [5.74, 6) is 2.69. The predicted molar refractivity (Wildman–Crippen MR) is 66.9 cm³/mol. The molecule has 0 aromatic carbocycles. The largest absolute Gasteiger partial charge is 0.315 e. The fraction of sp³-hybridized carbons (Fsp3) is 0.500. The lowest BCUT2D eigenvalue weighted by Gasteiger charge is -2.15. The van der Waals surface area contributed by atoms with E-state index in [2.05, 4.69) is 35.2 Å². The van der Waals surface area contributed by atoms with Gasteiger partial charge in [0.1, 0.15) is 0 Å². The predicted octanol–water partition coefficient (Wildman–Crippen LogP) is 1.92. The first-order valence-electron chi connectivity index (χ1n) is 5.18. The van der Waals surface area contributed by atoms with Crippen molar-refractivity contribution in [3.05, 3.63) is 21.9 Å². The minimum absolute atomic E-state index is 0.732. The van der Waals surface area contributed by atoms with E-state index < -0.39 is 0 Å². The average Bonchev–Trinajstić information content (AvgIpc) is 2.66. The third-order valence-corrected chi connectivity index (χ3v) is 3.28. The summed E-state index contributed by atoms with van der Waals surface area (Å²) in [4.78, 5) is 5.02. The Morgan fingerprint density at radius 1 is 1.47 bits per heavy atom. The first kappa shape index (κ1) is 12.3. The lowest BCUT2D eigenvalue weighted by atomic mass is 10.4. The highest BCUT2D eigenvalue weighted by Gasteiger charge is 2.04. The summed E-state index contributed by atoms with van der Waals surface area (Å²) in [6.07, 6.45) is 5.31. The fourth-order valence-electron chi connectivity index (χ4n) is 1.41. The molecule has 0 fully saturated rings. The van der Waals surface area contributed by atoms with Crippen molar-refractivity contribution < 1.29 is 0 Å². The molecule has 0 spiro atoms. The molecule has 82 valence electrons. The van der Waals surface area contributed by atoms with E-state index in [1.165, 1.54) is 9.75 Å². The van der Waals surface area contributed by atoms with Gasteiger partial charge in [0.25, 0.3) is 0 Å². The van der Waals surface area contributed by atoms with Crippen LogP contribution in [-0.2, 0) is 13.1 Å². The van der Waals surface area contributed by atoms with Crippen LogP contribution in [0.4, 0.5) is 0 Å². The molecular formula is C12H18N2S. The van der Waals surface area contributed by atoms with Crippen LogP contribution in [0.3, 0.4) is 0 Å². The molecule has 2 nitrogen and oxygen atoms in total. The first-order chi connectivity index (χ1) is 7.30. The summed E-state index contributed by atoms with van der Waals surface area (Å²) in [7, 11) is 1.97. The molecular weight excluding hydrogens is 204 g/mol. The Hall–Kier alpha value is -0.820. The Kier molecular flexibility index (Phi) is 5.41. The van der Waals surface area contributed by atoms with E-state index in [1.807, 2.05) is 18.4 Å². The summed E-state index contributed by atoms with van der Waals surface area (Å²) in [5.41, 5.74) is 0. The van der Waals surface area contributed by atoms with Gasteiger partial charge in [-0.15, -0.1) is 17.8 Å². The number of thiophene rings is 1. The smallest absolute Gasteiger partial charge is 0.0601 e. The SMILES string of the molecule is C#CCN(CC)Cc1ccc(CNC)s1. The Morgan fingerprint density at radius 3 is 2.80 bits per heavy atom. The van der Waals surface area contributed by atoms with Crippen molar-refractivity contribution in [2.75, 3.05) is 20.1 Å². The number of terminal acetylenes is 1. The molecule has 0 unspecified atom stereocenters. The number of nitrogens with zero attached hydrogens (tertiary/aromatic N) is 1. The Balaban J connectivity index is 2.52. The summed E-state index contributed by atoms with van der Waals surface area (Å²) < 4.78 is 0. The highest BCUT2D eigenvalue weighted by Crippen LogP contribution is 2.17. The molecule has 0 amide bonds. The monoisotopic (exact) mass is 222 g/mol. The van der Waals surface area contributed by atoms with E-state index in [0.717, 1.165) is 26.2 Å². The van der Waals surface area contributed by atoms with E-state index in [4.69, 9.17) is 6.42 Å². The molecule has 0 atom stereocenters. The minimum atomic E-state index is 0.732. The van der Waals surface area contributed by atoms with Gasteiger partial charge in [-0.05, 0) is 25.7 Å². The summed E-state index contributed by atoms with van der Waals surface area (Å²) in [6.45, 7) is 5.79. The van der Waals surface area contributed by atoms with Crippen LogP contribution in [0.2, 0.25) is 0 Å². The maximum absolute atomic E-state index is 5.31. The maximum atomic E-state index is 5.31. The maximum Gasteiger partial charge on any atom is 0.0601 e. The van der Waals surface area contributed by atoms with Crippen LogP contribution < -0.4 is 5.32 Å². The average molecular weight is 222 g/mol. The van der Waals surface area contributed by atoms with Gasteiger partial charge in [0.2, 0.25) is 0 Å². The minimum Gasteiger partial charge on any atom is -0.315 e. The van der Waals surface area contributed by atoms with Gasteiger partial charge < -0.3 is 5.32 Å². The van der Waals surface area contributed by atoms with Crippen molar-refractivity contribution in [1.82, 2.24) is 10.2 Å². The molecule has 0 saturated carbocycles. The molecule has 0 saturated heterocycles. The number of rotatable bonds is 6. The Morgan fingerprint density at radius 2 is 2.20 bits per heavy atom. The Bertz CT molecular complexity index is 325. The van der Waals surface area contributed by atoms with Gasteiger partial charge in [-0.25, -0.2) is 0 Å². The highest BCUT2D eigenvalue weighted by atomic mass is 32.1. The molecule has 0 aliphatic carbocycles. The van der Waals surface area contributed by atoms with Crippen LogP contribution >= 0.6 is 11.3 Å². The van der Waals surface area contributed by atoms with E-state index in [9.17, 15) is 0 Å². The van der Waals surface area contributed by atoms with Gasteiger partial charge in [0.05, 0.1) is 6.54 Å². The summed E-state index contributed by atoms with van der Waals surface area (Å²) in [6, 6.07) is 4.37. The van der Waals surface area contributed by atoms with Gasteiger partial charge in [0, 0.05) is 22.8 Å². The van der Waals surface area contributed by atoms with E-state index in [-0.39, 0.29) is 0 Å². The molecule has 1 N–H and O–H groups in total. The molecule has 3 heteroatoms. The molecule has 0 radical (unpaired) electrons. The number of hydrogen-bond acceptors (Lipinski definition) is 3. The van der Waals surface area contributed by atoms with Gasteiger partial charge >= 0.3 is 0 Å². The van der Waals surface area contributed by atoms with Gasteiger partial charge in [-0.2, -0.15) is 0 Å². The molecule has 0 bridgehead atoms. The molecule has 1 aromatic rings. The van der Waals surface area contributed by atoms with Gasteiger partial charge in [-0.1, -0.05) is 12.8 Å². The van der Waals surface area contributed by atoms with Gasteiger partial charge in [-0.3, -0.25) is 4.90 Å². The molecule has 1 heterocycles. The van der Waals surface area contributed by atoms with Crippen LogP contribution in [0.15, 0.2) is 12.1 Å². The van der Waals surface area contributed by atoms with E-state index in [0.29, 0.717) is 0 Å². The second-order valence-electron chi connectivity index (χ2n) is 3.41. The molecule has 15 heavy (non-hydrogen) atoms. The highest BCUT2D eigenvalue weighted by molar-refractivity contribution is 7.11. The molecule has 0 aliphatic heterocycles. The van der Waals surface area contributed by atoms with Crippen molar-refractivity contribution in [2.45, 2.75) is 20.0 Å². The summed E-state index contributed by atoms with van der Waals surface area (Å²) in [5, 5.41) is 3.15.